The van der Waals surface area contributed by atoms with Gasteiger partial charge in [0.1, 0.15) is 0 Å². The fourth-order valence-corrected chi connectivity index (χ4v) is 2.88. The smallest absolute Gasteiger partial charge is 0.191 e. The summed E-state index contributed by atoms with van der Waals surface area (Å²) in [6.45, 7) is 4.52. The molecule has 3 rings (SSSR count). The molecular weight excluding hydrogens is 437 g/mol. The van der Waals surface area contributed by atoms with Gasteiger partial charge in [0, 0.05) is 37.5 Å². The number of halogens is 1. The summed E-state index contributed by atoms with van der Waals surface area (Å²) < 4.78 is 2.30. The Hall–Kier alpha value is -2.09. The summed E-state index contributed by atoms with van der Waals surface area (Å²) in [5.41, 5.74) is 3.33. The molecule has 0 spiro atoms. The predicted octanol–water partition coefficient (Wildman–Crippen LogP) is 3.72. The van der Waals surface area contributed by atoms with E-state index >= 15 is 0 Å². The molecule has 2 N–H and O–H groups in total. The first-order valence-electron chi connectivity index (χ1n) is 8.67. The molecule has 1 aromatic carbocycles. The Morgan fingerprint density at radius 3 is 2.73 bits per heavy atom. The van der Waals surface area contributed by atoms with E-state index in [-0.39, 0.29) is 24.0 Å². The van der Waals surface area contributed by atoms with Crippen molar-refractivity contribution in [2.45, 2.75) is 26.4 Å². The molecule has 2 aromatic heterocycles. The molecule has 138 valence electrons. The van der Waals surface area contributed by atoms with Gasteiger partial charge in [0.2, 0.25) is 0 Å². The number of nitrogens with one attached hydrogen (secondary N) is 2. The predicted molar refractivity (Wildman–Crippen MR) is 119 cm³/mol. The van der Waals surface area contributed by atoms with Gasteiger partial charge in [0.25, 0.3) is 0 Å². The van der Waals surface area contributed by atoms with Crippen LogP contribution < -0.4 is 10.6 Å². The third-order valence-electron chi connectivity index (χ3n) is 4.16. The Morgan fingerprint density at radius 1 is 1.08 bits per heavy atom. The van der Waals surface area contributed by atoms with Gasteiger partial charge in [-0.25, -0.2) is 0 Å². The van der Waals surface area contributed by atoms with E-state index in [4.69, 9.17) is 0 Å². The van der Waals surface area contributed by atoms with Crippen molar-refractivity contribution in [3.8, 4) is 0 Å². The van der Waals surface area contributed by atoms with E-state index in [1.54, 1.807) is 7.05 Å². The Bertz CT molecular complexity index is 856. The fourth-order valence-electron chi connectivity index (χ4n) is 2.88. The van der Waals surface area contributed by atoms with Crippen molar-refractivity contribution in [2.75, 3.05) is 13.6 Å². The number of aliphatic imine (C=N–C) groups is 1. The summed E-state index contributed by atoms with van der Waals surface area (Å²) >= 11 is 0. The quantitative estimate of drug-likeness (QED) is 0.254. The van der Waals surface area contributed by atoms with Crippen LogP contribution in [0.4, 0.5) is 0 Å². The number of guanidine groups is 1. The minimum absolute atomic E-state index is 0. The largest absolute Gasteiger partial charge is 0.356 e. The standard InChI is InChI=1S/C20H25N5.HI/c1-16-7-5-9-18(24-16)15-23-20(21-2)22-12-6-13-25-14-11-17-8-3-4-10-19(17)25;/h3-5,7-11,14H,6,12-13,15H2,1-2H3,(H2,21,22,23);1H. The summed E-state index contributed by atoms with van der Waals surface area (Å²) in [6.07, 6.45) is 3.18. The number of benzene rings is 1. The maximum Gasteiger partial charge on any atom is 0.191 e. The zero-order chi connectivity index (χ0) is 17.5. The molecule has 3 aromatic rings. The summed E-state index contributed by atoms with van der Waals surface area (Å²) in [6, 6.07) is 16.7. The first kappa shape index (κ1) is 20.2. The number of pyridine rings is 1. The van der Waals surface area contributed by atoms with E-state index in [0.29, 0.717) is 6.54 Å². The molecular formula is C20H26IN5. The molecule has 2 heterocycles. The van der Waals surface area contributed by atoms with Crippen molar-refractivity contribution in [3.05, 3.63) is 66.1 Å². The fraction of sp³-hybridized carbons (Fsp3) is 0.300. The Labute approximate surface area is 172 Å². The first-order chi connectivity index (χ1) is 12.3. The van der Waals surface area contributed by atoms with E-state index in [1.165, 1.54) is 10.9 Å². The number of fused-ring (bicyclic) bond motifs is 1. The van der Waals surface area contributed by atoms with Crippen LogP contribution in [-0.4, -0.2) is 29.1 Å². The topological polar surface area (TPSA) is 54.2 Å². The van der Waals surface area contributed by atoms with Gasteiger partial charge in [-0.2, -0.15) is 0 Å². The van der Waals surface area contributed by atoms with Crippen LogP contribution in [-0.2, 0) is 13.1 Å². The first-order valence-corrected chi connectivity index (χ1v) is 8.67. The lowest BCUT2D eigenvalue weighted by Crippen LogP contribution is -2.37. The number of nitrogens with zero attached hydrogens (tertiary/aromatic N) is 3. The van der Waals surface area contributed by atoms with Crippen molar-refractivity contribution in [1.82, 2.24) is 20.2 Å². The molecule has 0 atom stereocenters. The van der Waals surface area contributed by atoms with Crippen LogP contribution in [0.25, 0.3) is 10.9 Å². The van der Waals surface area contributed by atoms with Gasteiger partial charge in [0.05, 0.1) is 12.2 Å². The average molecular weight is 463 g/mol. The molecule has 0 bridgehead atoms. The summed E-state index contributed by atoms with van der Waals surface area (Å²) in [5, 5.41) is 7.96. The highest BCUT2D eigenvalue weighted by Crippen LogP contribution is 2.15. The summed E-state index contributed by atoms with van der Waals surface area (Å²) in [5.74, 6) is 0.806. The molecule has 0 aliphatic heterocycles. The van der Waals surface area contributed by atoms with Crippen LogP contribution in [0.5, 0.6) is 0 Å². The molecule has 0 amide bonds. The highest BCUT2D eigenvalue weighted by molar-refractivity contribution is 14.0. The second kappa shape index (κ2) is 10.2. The van der Waals surface area contributed by atoms with Crippen LogP contribution in [0.3, 0.4) is 0 Å². The summed E-state index contributed by atoms with van der Waals surface area (Å²) in [4.78, 5) is 8.76. The number of hydrogen-bond acceptors (Lipinski definition) is 2. The lowest BCUT2D eigenvalue weighted by Gasteiger charge is -2.12. The Kier molecular flexibility index (Phi) is 7.90. The minimum atomic E-state index is 0. The zero-order valence-corrected chi connectivity index (χ0v) is 17.6. The monoisotopic (exact) mass is 463 g/mol. The number of hydrogen-bond donors (Lipinski definition) is 2. The highest BCUT2D eigenvalue weighted by atomic mass is 127. The van der Waals surface area contributed by atoms with Crippen LogP contribution >= 0.6 is 24.0 Å². The Morgan fingerprint density at radius 2 is 1.92 bits per heavy atom. The zero-order valence-electron chi connectivity index (χ0n) is 15.3. The highest BCUT2D eigenvalue weighted by Gasteiger charge is 2.01. The van der Waals surface area contributed by atoms with Gasteiger partial charge in [-0.1, -0.05) is 24.3 Å². The Balaban J connectivity index is 0.00000243. The number of aryl methyl sites for hydroxylation is 2. The summed E-state index contributed by atoms with van der Waals surface area (Å²) in [7, 11) is 1.79. The van der Waals surface area contributed by atoms with Gasteiger partial charge in [-0.3, -0.25) is 9.98 Å². The van der Waals surface area contributed by atoms with Gasteiger partial charge in [-0.05, 0) is 43.0 Å². The average Bonchev–Trinajstić information content (AvgIpc) is 3.04. The maximum absolute atomic E-state index is 4.49. The van der Waals surface area contributed by atoms with E-state index in [1.807, 2.05) is 25.1 Å². The van der Waals surface area contributed by atoms with E-state index < -0.39 is 0 Å². The van der Waals surface area contributed by atoms with Crippen molar-refractivity contribution in [1.29, 1.82) is 0 Å². The van der Waals surface area contributed by atoms with Gasteiger partial charge in [-0.15, -0.1) is 24.0 Å². The minimum Gasteiger partial charge on any atom is -0.356 e. The van der Waals surface area contributed by atoms with Gasteiger partial charge in [0.15, 0.2) is 5.96 Å². The molecule has 6 heteroatoms. The van der Waals surface area contributed by atoms with Crippen molar-refractivity contribution < 1.29 is 0 Å². The van der Waals surface area contributed by atoms with Crippen molar-refractivity contribution >= 4 is 40.8 Å². The molecule has 0 saturated carbocycles. The van der Waals surface area contributed by atoms with Crippen molar-refractivity contribution in [3.63, 3.8) is 0 Å². The third-order valence-corrected chi connectivity index (χ3v) is 4.16. The lowest BCUT2D eigenvalue weighted by molar-refractivity contribution is 0.640. The van der Waals surface area contributed by atoms with Crippen molar-refractivity contribution in [2.24, 2.45) is 4.99 Å². The van der Waals surface area contributed by atoms with Crippen LogP contribution in [0, 0.1) is 6.92 Å². The van der Waals surface area contributed by atoms with Gasteiger partial charge < -0.3 is 15.2 Å². The molecule has 0 radical (unpaired) electrons. The maximum atomic E-state index is 4.49. The molecule has 0 saturated heterocycles. The van der Waals surface area contributed by atoms with E-state index in [0.717, 1.165) is 36.9 Å². The van der Waals surface area contributed by atoms with E-state index in [9.17, 15) is 0 Å². The second-order valence-electron chi connectivity index (χ2n) is 6.04. The second-order valence-corrected chi connectivity index (χ2v) is 6.04. The molecule has 0 fully saturated rings. The lowest BCUT2D eigenvalue weighted by atomic mass is 10.2. The SMILES string of the molecule is CN=C(NCCCn1ccc2ccccc21)NCc1cccc(C)n1.I. The molecule has 0 aliphatic carbocycles. The normalized spacial score (nSPS) is 11.2. The van der Waals surface area contributed by atoms with Crippen LogP contribution in [0.1, 0.15) is 17.8 Å². The van der Waals surface area contributed by atoms with Crippen LogP contribution in [0.2, 0.25) is 0 Å². The number of rotatable bonds is 6. The third kappa shape index (κ3) is 5.45. The van der Waals surface area contributed by atoms with Gasteiger partial charge >= 0.3 is 0 Å². The molecule has 5 nitrogen and oxygen atoms in total. The molecule has 0 aliphatic rings. The number of para-hydroxylation sites is 1. The number of aromatic nitrogens is 2. The van der Waals surface area contributed by atoms with E-state index in [2.05, 4.69) is 61.7 Å². The molecule has 0 unspecified atom stereocenters. The molecule has 26 heavy (non-hydrogen) atoms. The van der Waals surface area contributed by atoms with Crippen LogP contribution in [0.15, 0.2) is 59.7 Å².